The van der Waals surface area contributed by atoms with E-state index in [1.54, 1.807) is 30.3 Å². The Morgan fingerprint density at radius 1 is 0.866 bits per heavy atom. The number of benzene rings is 6. The Labute approximate surface area is 389 Å². The van der Waals surface area contributed by atoms with Gasteiger partial charge in [-0.1, -0.05) is 36.4 Å². The van der Waals surface area contributed by atoms with Gasteiger partial charge in [-0.2, -0.15) is 0 Å². The van der Waals surface area contributed by atoms with Gasteiger partial charge >= 0.3 is 5.97 Å². The Balaban J connectivity index is 0.836. The molecule has 1 saturated carbocycles. The summed E-state index contributed by atoms with van der Waals surface area (Å²) in [5.74, 6) is 0.383. The Morgan fingerprint density at radius 2 is 1.70 bits per heavy atom. The van der Waals surface area contributed by atoms with Gasteiger partial charge < -0.3 is 44.8 Å². The number of aromatic carboxylic acids is 1. The van der Waals surface area contributed by atoms with E-state index < -0.39 is 23.1 Å². The summed E-state index contributed by atoms with van der Waals surface area (Å²) in [6, 6.07) is 34.0. The molecule has 3 aliphatic heterocycles. The highest BCUT2D eigenvalue weighted by Crippen LogP contribution is 2.69. The first kappa shape index (κ1) is 40.1. The van der Waals surface area contributed by atoms with E-state index in [4.69, 9.17) is 21.4 Å². The van der Waals surface area contributed by atoms with Gasteiger partial charge in [0.25, 0.3) is 0 Å². The molecule has 6 aromatic rings. The van der Waals surface area contributed by atoms with Gasteiger partial charge in [0.05, 0.1) is 22.3 Å². The maximum Gasteiger partial charge on any atom is 0.336 e. The van der Waals surface area contributed by atoms with Crippen LogP contribution in [0.2, 0.25) is 0 Å². The van der Waals surface area contributed by atoms with Crippen LogP contribution in [0.15, 0.2) is 124 Å². The monoisotopic (exact) mass is 908 g/mol. The number of fused-ring (bicyclic) bond motifs is 6. The zero-order chi connectivity index (χ0) is 45.5. The molecular formula is C54H44N4O8S. The zero-order valence-corrected chi connectivity index (χ0v) is 36.9. The number of aromatic nitrogens is 1. The van der Waals surface area contributed by atoms with E-state index in [1.165, 1.54) is 43.2 Å². The van der Waals surface area contributed by atoms with Crippen LogP contribution in [0.5, 0.6) is 17.2 Å². The van der Waals surface area contributed by atoms with Gasteiger partial charge in [0.1, 0.15) is 17.1 Å². The number of phenols is 2. The number of piperidine rings is 1. The Hall–Kier alpha value is -7.19. The summed E-state index contributed by atoms with van der Waals surface area (Å²) >= 11 is 5.87. The van der Waals surface area contributed by atoms with E-state index in [0.717, 1.165) is 70.5 Å². The van der Waals surface area contributed by atoms with Crippen molar-refractivity contribution in [1.82, 2.24) is 9.47 Å². The van der Waals surface area contributed by atoms with Crippen molar-refractivity contribution in [1.29, 1.82) is 0 Å². The minimum atomic E-state index is -1.14. The fraction of sp³-hybridized carbons (Fsp3) is 0.241. The topological polar surface area (TPSA) is 170 Å². The number of anilines is 2. The molecule has 4 aliphatic carbocycles. The predicted octanol–water partition coefficient (Wildman–Crippen LogP) is 9.19. The highest BCUT2D eigenvalue weighted by atomic mass is 32.1. The van der Waals surface area contributed by atoms with Crippen molar-refractivity contribution < 1.29 is 34.4 Å². The third-order valence-electron chi connectivity index (χ3n) is 15.3. The normalized spacial score (nSPS) is 22.3. The number of ether oxygens (including phenoxy) is 1. The first-order valence-electron chi connectivity index (χ1n) is 22.8. The molecule has 1 spiro atoms. The number of rotatable bonds is 8. The summed E-state index contributed by atoms with van der Waals surface area (Å²) in [7, 11) is 0. The molecule has 334 valence electrons. The minimum absolute atomic E-state index is 0.0284. The van der Waals surface area contributed by atoms with Crippen molar-refractivity contribution in [2.24, 2.45) is 5.92 Å². The predicted molar refractivity (Wildman–Crippen MR) is 259 cm³/mol. The standard InChI is InChI=1S/C54H44N4O8S/c59-33-12-15-37-43(23-33)65-44-24-34(60)13-16-38(44)46(37)39-22-32(11-14-36(39)51(62)63)56-52(67)55-31-5-3-4-29(20-31)27-58-41-7-2-1-6-35(41)40-25-54(64)45-21-30-10-17-42(61)49-47(30)53(54,50(66-49)48(40)58)18-19-57(45)26-28-8-9-28/h1-7,10-17,20,22-24,28,45,50,59,61,64H,8-9,18-19,21,25-27H2,(H,62,63)(H2,55,56,67)/t45-,50-,53-,54+/m0/s1. The van der Waals surface area contributed by atoms with Gasteiger partial charge in [-0.25, -0.2) is 4.79 Å². The SMILES string of the molecule is O=C(O)c1ccc(NC(=S)Nc2cccc(Cn3c4c(c5ccccc53)C[C@@]3(O)[C@@H]5Cc6ccc(O)c7c6[C@@]3(CCN5CC3CC3)[C@H]4O7)c2)cc1-c1c2ccc(=O)cc-2oc2cc(O)ccc12. The molecule has 0 radical (unpaired) electrons. The van der Waals surface area contributed by atoms with Gasteiger partial charge in [-0.15, -0.1) is 0 Å². The molecule has 67 heavy (non-hydrogen) atoms. The van der Waals surface area contributed by atoms with E-state index in [-0.39, 0.29) is 45.0 Å². The van der Waals surface area contributed by atoms with Crippen LogP contribution in [0.3, 0.4) is 0 Å². The Bertz CT molecular complexity index is 3490. The Morgan fingerprint density at radius 3 is 2.54 bits per heavy atom. The van der Waals surface area contributed by atoms with Crippen LogP contribution in [0.1, 0.15) is 63.7 Å². The molecule has 7 aliphatic rings. The number of para-hydroxylation sites is 1. The molecule has 5 aromatic carbocycles. The third-order valence-corrected chi connectivity index (χ3v) is 15.5. The van der Waals surface area contributed by atoms with Crippen molar-refractivity contribution >= 4 is 56.5 Å². The number of carboxylic acid groups (broad SMARTS) is 1. The summed E-state index contributed by atoms with van der Waals surface area (Å²) in [5, 5.41) is 54.0. The number of nitrogens with one attached hydrogen (secondary N) is 2. The molecule has 13 rings (SSSR count). The van der Waals surface area contributed by atoms with Crippen LogP contribution in [0.4, 0.5) is 11.4 Å². The number of phenolic OH excluding ortho intramolecular Hbond substituents is 2. The second-order valence-corrected chi connectivity index (χ2v) is 19.5. The lowest BCUT2D eigenvalue weighted by molar-refractivity contribution is -0.173. The van der Waals surface area contributed by atoms with Crippen molar-refractivity contribution in [2.45, 2.75) is 61.8 Å². The number of carbonyl (C=O) groups is 1. The van der Waals surface area contributed by atoms with Crippen molar-refractivity contribution in [3.8, 4) is 39.7 Å². The molecule has 12 nitrogen and oxygen atoms in total. The van der Waals surface area contributed by atoms with Gasteiger partial charge in [-0.3, -0.25) is 9.69 Å². The van der Waals surface area contributed by atoms with Gasteiger partial charge in [0, 0.05) is 82.0 Å². The molecule has 1 saturated heterocycles. The van der Waals surface area contributed by atoms with Crippen molar-refractivity contribution in [3.05, 3.63) is 159 Å². The number of hydrogen-bond acceptors (Lipinski definition) is 9. The van der Waals surface area contributed by atoms with E-state index in [0.29, 0.717) is 52.4 Å². The van der Waals surface area contributed by atoms with Gasteiger partial charge in [0.2, 0.25) is 0 Å². The number of aromatic hydroxyl groups is 2. The molecule has 1 aromatic heterocycles. The number of aliphatic hydroxyl groups is 1. The molecule has 4 atom stereocenters. The highest BCUT2D eigenvalue weighted by Gasteiger charge is 2.73. The largest absolute Gasteiger partial charge is 0.508 e. The van der Waals surface area contributed by atoms with Gasteiger partial charge in [-0.05, 0) is 139 Å². The van der Waals surface area contributed by atoms with Crippen LogP contribution in [0, 0.1) is 5.92 Å². The molecule has 2 bridgehead atoms. The van der Waals surface area contributed by atoms with Crippen LogP contribution >= 0.6 is 12.2 Å². The molecule has 13 heteroatoms. The number of likely N-dealkylation sites (tertiary alicyclic amines) is 1. The quantitative estimate of drug-likeness (QED) is 0.0633. The second-order valence-electron chi connectivity index (χ2n) is 19.1. The second kappa shape index (κ2) is 14.4. The fourth-order valence-corrected chi connectivity index (χ4v) is 12.6. The van der Waals surface area contributed by atoms with Crippen LogP contribution in [-0.2, 0) is 24.8 Å². The van der Waals surface area contributed by atoms with E-state index in [2.05, 4.69) is 56.5 Å². The molecule has 6 N–H and O–H groups in total. The lowest BCUT2D eigenvalue weighted by Gasteiger charge is -2.63. The first-order valence-corrected chi connectivity index (χ1v) is 23.2. The van der Waals surface area contributed by atoms with E-state index in [1.807, 2.05) is 18.2 Å². The van der Waals surface area contributed by atoms with Crippen LogP contribution in [-0.4, -0.2) is 65.7 Å². The fourth-order valence-electron chi connectivity index (χ4n) is 12.4. The van der Waals surface area contributed by atoms with Gasteiger partial charge in [0.15, 0.2) is 28.1 Å². The average Bonchev–Trinajstić information content (AvgIpc) is 3.98. The summed E-state index contributed by atoms with van der Waals surface area (Å²) in [6.07, 6.45) is 3.92. The first-order chi connectivity index (χ1) is 32.5. The molecule has 0 unspecified atom stereocenters. The smallest absolute Gasteiger partial charge is 0.336 e. The Kier molecular flexibility index (Phi) is 8.62. The maximum atomic E-state index is 13.5. The molecule has 0 amide bonds. The number of hydrogen-bond donors (Lipinski definition) is 6. The third kappa shape index (κ3) is 5.94. The van der Waals surface area contributed by atoms with Crippen molar-refractivity contribution in [2.75, 3.05) is 23.7 Å². The minimum Gasteiger partial charge on any atom is -0.508 e. The lowest BCUT2D eigenvalue weighted by atomic mass is 9.49. The molecule has 2 fully saturated rings. The number of nitrogens with zero attached hydrogens (tertiary/aromatic N) is 2. The zero-order valence-electron chi connectivity index (χ0n) is 36.1. The van der Waals surface area contributed by atoms with E-state index >= 15 is 0 Å². The molecular weight excluding hydrogens is 865 g/mol. The maximum absolute atomic E-state index is 13.5. The van der Waals surface area contributed by atoms with Crippen molar-refractivity contribution in [3.63, 3.8) is 0 Å². The number of thiocarbonyl (C=S) groups is 1. The lowest BCUT2D eigenvalue weighted by Crippen LogP contribution is -2.74. The van der Waals surface area contributed by atoms with Crippen LogP contribution < -0.4 is 20.8 Å². The van der Waals surface area contributed by atoms with Crippen LogP contribution in [0.25, 0.3) is 44.3 Å². The average molecular weight is 909 g/mol. The highest BCUT2D eigenvalue weighted by molar-refractivity contribution is 7.80. The summed E-state index contributed by atoms with van der Waals surface area (Å²) < 4.78 is 15.4. The summed E-state index contributed by atoms with van der Waals surface area (Å²) in [5.41, 5.74) is 7.25. The van der Waals surface area contributed by atoms with E-state index in [9.17, 15) is 30.0 Å². The number of carboxylic acids is 1. The summed E-state index contributed by atoms with van der Waals surface area (Å²) in [6.45, 7) is 2.37. The summed E-state index contributed by atoms with van der Waals surface area (Å²) in [4.78, 5) is 27.6. The molecule has 4 heterocycles.